The van der Waals surface area contributed by atoms with Crippen LogP contribution in [0.25, 0.3) is 22.2 Å². The Labute approximate surface area is 198 Å². The number of carbonyl (C=O) groups is 1. The summed E-state index contributed by atoms with van der Waals surface area (Å²) < 4.78 is 13.1. The molecule has 0 spiro atoms. The van der Waals surface area contributed by atoms with Gasteiger partial charge in [-0.3, -0.25) is 4.79 Å². The summed E-state index contributed by atoms with van der Waals surface area (Å²) in [6, 6.07) is 13.6. The van der Waals surface area contributed by atoms with Crippen molar-refractivity contribution in [3.63, 3.8) is 0 Å². The van der Waals surface area contributed by atoms with Gasteiger partial charge in [-0.2, -0.15) is 0 Å². The number of amides is 1. The van der Waals surface area contributed by atoms with Gasteiger partial charge in [-0.1, -0.05) is 18.2 Å². The van der Waals surface area contributed by atoms with Crippen LogP contribution in [0.1, 0.15) is 27.2 Å². The number of hydrogen-bond acceptors (Lipinski definition) is 4. The number of H-pyrrole nitrogens is 1. The fourth-order valence-corrected chi connectivity index (χ4v) is 4.98. The Bertz CT molecular complexity index is 1370. The maximum atomic E-state index is 13.3. The van der Waals surface area contributed by atoms with Gasteiger partial charge in [0, 0.05) is 40.6 Å². The molecule has 0 saturated carbocycles. The lowest BCUT2D eigenvalue weighted by Gasteiger charge is -2.22. The third kappa shape index (κ3) is 3.72. The van der Waals surface area contributed by atoms with Crippen LogP contribution in [-0.4, -0.2) is 47.4 Å². The van der Waals surface area contributed by atoms with E-state index in [1.807, 2.05) is 55.6 Å². The summed E-state index contributed by atoms with van der Waals surface area (Å²) in [6.45, 7) is 2.62. The zero-order chi connectivity index (χ0) is 23.8. The van der Waals surface area contributed by atoms with Crippen LogP contribution in [0.3, 0.4) is 0 Å². The lowest BCUT2D eigenvalue weighted by molar-refractivity contribution is 0.0916. The van der Waals surface area contributed by atoms with Crippen molar-refractivity contribution in [3.8, 4) is 22.8 Å². The summed E-state index contributed by atoms with van der Waals surface area (Å²) in [4.78, 5) is 16.5. The summed E-state index contributed by atoms with van der Waals surface area (Å²) in [7, 11) is 3.26. The molecule has 5 rings (SSSR count). The summed E-state index contributed by atoms with van der Waals surface area (Å²) in [6.07, 6.45) is 3.33. The van der Waals surface area contributed by atoms with Crippen molar-refractivity contribution in [1.29, 1.82) is 0 Å². The molecule has 34 heavy (non-hydrogen) atoms. The predicted molar refractivity (Wildman–Crippen MR) is 132 cm³/mol. The standard InChI is InChI=1S/C27H29N3O4/c1-16-21(12-24-22-13-26(34-3)25(33-2)11-17(22)8-9-30(16)24)27(32)29-19(15-31)10-18-14-28-23-7-5-4-6-20(18)23/h4-7,11-14,19,28,31H,8-10,15H2,1-3H3,(H,29,32)/t19-/m1/s1. The number of nitrogens with one attached hydrogen (secondary N) is 2. The van der Waals surface area contributed by atoms with Crippen molar-refractivity contribution in [1.82, 2.24) is 14.9 Å². The number of para-hydroxylation sites is 1. The molecule has 2 aromatic heterocycles. The normalized spacial score (nSPS) is 13.3. The molecule has 1 amide bonds. The Morgan fingerprint density at radius 2 is 1.94 bits per heavy atom. The number of rotatable bonds is 7. The topological polar surface area (TPSA) is 88.5 Å². The highest BCUT2D eigenvalue weighted by atomic mass is 16.5. The van der Waals surface area contributed by atoms with E-state index in [9.17, 15) is 9.90 Å². The van der Waals surface area contributed by atoms with Gasteiger partial charge in [-0.05, 0) is 55.2 Å². The van der Waals surface area contributed by atoms with Crippen molar-refractivity contribution >= 4 is 16.8 Å². The van der Waals surface area contributed by atoms with Crippen LogP contribution < -0.4 is 14.8 Å². The first-order chi connectivity index (χ1) is 16.5. The zero-order valence-electron chi connectivity index (χ0n) is 19.6. The molecule has 0 saturated heterocycles. The Morgan fingerprint density at radius 1 is 1.18 bits per heavy atom. The third-order valence-corrected chi connectivity index (χ3v) is 6.80. The van der Waals surface area contributed by atoms with Gasteiger partial charge in [0.15, 0.2) is 11.5 Å². The zero-order valence-corrected chi connectivity index (χ0v) is 19.6. The molecule has 1 atom stereocenters. The number of fused-ring (bicyclic) bond motifs is 4. The molecule has 0 fully saturated rings. The number of ether oxygens (including phenoxy) is 2. The van der Waals surface area contributed by atoms with E-state index in [1.54, 1.807) is 14.2 Å². The molecule has 3 N–H and O–H groups in total. The van der Waals surface area contributed by atoms with E-state index >= 15 is 0 Å². The van der Waals surface area contributed by atoms with E-state index in [1.165, 1.54) is 5.56 Å². The summed E-state index contributed by atoms with van der Waals surface area (Å²) in [5.74, 6) is 1.19. The highest BCUT2D eigenvalue weighted by Crippen LogP contribution is 2.40. The molecule has 0 aliphatic carbocycles. The second-order valence-electron chi connectivity index (χ2n) is 8.71. The molecule has 3 heterocycles. The average molecular weight is 460 g/mol. The van der Waals surface area contributed by atoms with Crippen molar-refractivity contribution in [3.05, 3.63) is 71.0 Å². The molecule has 2 aromatic carbocycles. The average Bonchev–Trinajstić information content (AvgIpc) is 3.43. The highest BCUT2D eigenvalue weighted by Gasteiger charge is 2.26. The number of methoxy groups -OCH3 is 2. The van der Waals surface area contributed by atoms with E-state index in [2.05, 4.69) is 14.9 Å². The quantitative estimate of drug-likeness (QED) is 0.392. The molecule has 7 heteroatoms. The van der Waals surface area contributed by atoms with Gasteiger partial charge in [0.05, 0.1) is 32.4 Å². The second-order valence-corrected chi connectivity index (χ2v) is 8.71. The molecule has 0 radical (unpaired) electrons. The first-order valence-electron chi connectivity index (χ1n) is 11.5. The molecule has 0 bridgehead atoms. The number of aryl methyl sites for hydroxylation is 1. The smallest absolute Gasteiger partial charge is 0.253 e. The van der Waals surface area contributed by atoms with Gasteiger partial charge in [0.2, 0.25) is 0 Å². The molecule has 7 nitrogen and oxygen atoms in total. The van der Waals surface area contributed by atoms with Crippen molar-refractivity contribution < 1.29 is 19.4 Å². The first kappa shape index (κ1) is 22.1. The Morgan fingerprint density at radius 3 is 2.71 bits per heavy atom. The minimum Gasteiger partial charge on any atom is -0.493 e. The van der Waals surface area contributed by atoms with E-state index in [0.717, 1.165) is 46.4 Å². The van der Waals surface area contributed by atoms with E-state index < -0.39 is 0 Å². The van der Waals surface area contributed by atoms with Crippen molar-refractivity contribution in [2.24, 2.45) is 0 Å². The number of nitrogens with zero attached hydrogens (tertiary/aromatic N) is 1. The van der Waals surface area contributed by atoms with Crippen LogP contribution in [0, 0.1) is 6.92 Å². The molecular formula is C27H29N3O4. The van der Waals surface area contributed by atoms with Crippen LogP contribution in [0.5, 0.6) is 11.5 Å². The second kappa shape index (κ2) is 8.91. The van der Waals surface area contributed by atoms with Crippen molar-refractivity contribution in [2.45, 2.75) is 32.4 Å². The van der Waals surface area contributed by atoms with E-state index in [-0.39, 0.29) is 18.6 Å². The molecular weight excluding hydrogens is 430 g/mol. The first-order valence-corrected chi connectivity index (χ1v) is 11.5. The lowest BCUT2D eigenvalue weighted by Crippen LogP contribution is -2.39. The van der Waals surface area contributed by atoms with Crippen LogP contribution in [-0.2, 0) is 19.4 Å². The van der Waals surface area contributed by atoms with Crippen LogP contribution in [0.4, 0.5) is 0 Å². The number of hydrogen-bond donors (Lipinski definition) is 3. The Hall–Kier alpha value is -3.71. The van der Waals surface area contributed by atoms with Crippen LogP contribution in [0.15, 0.2) is 48.7 Å². The van der Waals surface area contributed by atoms with Gasteiger partial charge in [-0.25, -0.2) is 0 Å². The van der Waals surface area contributed by atoms with E-state index in [0.29, 0.717) is 23.5 Å². The van der Waals surface area contributed by atoms with Gasteiger partial charge in [0.25, 0.3) is 5.91 Å². The predicted octanol–water partition coefficient (Wildman–Crippen LogP) is 3.85. The minimum atomic E-state index is -0.389. The lowest BCUT2D eigenvalue weighted by atomic mass is 9.97. The Kier molecular flexibility index (Phi) is 5.79. The number of carbonyl (C=O) groups excluding carboxylic acids is 1. The number of aliphatic hydroxyl groups excluding tert-OH is 1. The highest BCUT2D eigenvalue weighted by molar-refractivity contribution is 5.97. The number of aromatic amines is 1. The molecule has 176 valence electrons. The van der Waals surface area contributed by atoms with Gasteiger partial charge >= 0.3 is 0 Å². The SMILES string of the molecule is COc1cc2c(cc1OC)-c1cc(C(=O)N[C@@H](CO)Cc3c[nH]c4ccccc34)c(C)n1CC2. The fourth-order valence-electron chi connectivity index (χ4n) is 4.98. The number of aliphatic hydroxyl groups is 1. The molecule has 4 aromatic rings. The molecule has 1 aliphatic heterocycles. The third-order valence-electron chi connectivity index (χ3n) is 6.80. The van der Waals surface area contributed by atoms with Gasteiger partial charge in [-0.15, -0.1) is 0 Å². The molecule has 0 unspecified atom stereocenters. The maximum absolute atomic E-state index is 13.3. The largest absolute Gasteiger partial charge is 0.493 e. The fraction of sp³-hybridized carbons (Fsp3) is 0.296. The number of aromatic nitrogens is 2. The summed E-state index contributed by atoms with van der Waals surface area (Å²) in [5, 5.41) is 14.1. The van der Waals surface area contributed by atoms with Gasteiger partial charge in [0.1, 0.15) is 0 Å². The monoisotopic (exact) mass is 459 g/mol. The number of benzene rings is 2. The van der Waals surface area contributed by atoms with Crippen LogP contribution >= 0.6 is 0 Å². The van der Waals surface area contributed by atoms with Crippen LogP contribution in [0.2, 0.25) is 0 Å². The minimum absolute atomic E-state index is 0.141. The molecule has 1 aliphatic rings. The Balaban J connectivity index is 1.42. The summed E-state index contributed by atoms with van der Waals surface area (Å²) in [5.41, 5.74) is 6.85. The maximum Gasteiger partial charge on any atom is 0.253 e. The summed E-state index contributed by atoms with van der Waals surface area (Å²) >= 11 is 0. The van der Waals surface area contributed by atoms with E-state index in [4.69, 9.17) is 9.47 Å². The van der Waals surface area contributed by atoms with Crippen molar-refractivity contribution in [2.75, 3.05) is 20.8 Å². The van der Waals surface area contributed by atoms with Gasteiger partial charge < -0.3 is 29.4 Å².